The lowest BCUT2D eigenvalue weighted by molar-refractivity contribution is 0.411. The van der Waals surface area contributed by atoms with Crippen molar-refractivity contribution in [2.24, 2.45) is 0 Å². The quantitative estimate of drug-likeness (QED) is 0.426. The number of unbranched alkanes of at least 4 members (excludes halogenated alkanes) is 1. The van der Waals surface area contributed by atoms with Crippen LogP contribution < -0.4 is 15.6 Å². The summed E-state index contributed by atoms with van der Waals surface area (Å²) in [7, 11) is 1.67. The van der Waals surface area contributed by atoms with Crippen LogP contribution in [0.25, 0.3) is 15.9 Å². The van der Waals surface area contributed by atoms with Gasteiger partial charge in [0.05, 0.1) is 25.0 Å². The number of hydrogen-bond donors (Lipinski definition) is 1. The molecule has 33 heavy (non-hydrogen) atoms. The molecule has 1 atom stereocenters. The number of aromatic nitrogens is 4. The first-order valence-electron chi connectivity index (χ1n) is 11.6. The molecule has 1 aliphatic rings. The van der Waals surface area contributed by atoms with Crippen molar-refractivity contribution in [3.8, 4) is 11.4 Å². The summed E-state index contributed by atoms with van der Waals surface area (Å²) < 4.78 is 9.09. The Bertz CT molecular complexity index is 1320. The fourth-order valence-electron chi connectivity index (χ4n) is 4.53. The molecule has 7 nitrogen and oxygen atoms in total. The molecule has 172 valence electrons. The van der Waals surface area contributed by atoms with Crippen LogP contribution >= 0.6 is 11.3 Å². The molecule has 8 heteroatoms. The van der Waals surface area contributed by atoms with Gasteiger partial charge in [-0.3, -0.25) is 9.36 Å². The van der Waals surface area contributed by atoms with Crippen molar-refractivity contribution in [1.29, 1.82) is 0 Å². The van der Waals surface area contributed by atoms with Crippen molar-refractivity contribution in [1.82, 2.24) is 24.6 Å². The number of aryl methyl sites for hydroxylation is 2. The Labute approximate surface area is 197 Å². The third-order valence-electron chi connectivity index (χ3n) is 6.35. The molecule has 0 saturated heterocycles. The van der Waals surface area contributed by atoms with Gasteiger partial charge >= 0.3 is 0 Å². The lowest BCUT2D eigenvalue weighted by Crippen LogP contribution is -2.33. The zero-order chi connectivity index (χ0) is 22.8. The van der Waals surface area contributed by atoms with E-state index in [9.17, 15) is 4.79 Å². The minimum Gasteiger partial charge on any atom is -0.494 e. The molecule has 3 heterocycles. The van der Waals surface area contributed by atoms with Crippen LogP contribution in [0.4, 0.5) is 0 Å². The van der Waals surface area contributed by atoms with Crippen LogP contribution in [-0.4, -0.2) is 32.5 Å². The third kappa shape index (κ3) is 4.32. The Kier molecular flexibility index (Phi) is 6.28. The number of ether oxygens (including phenoxy) is 1. The molecular weight excluding hydrogens is 434 g/mol. The first-order chi connectivity index (χ1) is 16.2. The summed E-state index contributed by atoms with van der Waals surface area (Å²) in [6.07, 6.45) is 10.6. The molecule has 3 aromatic heterocycles. The summed E-state index contributed by atoms with van der Waals surface area (Å²) in [6.45, 7) is 3.64. The maximum atomic E-state index is 13.0. The molecule has 0 amide bonds. The average Bonchev–Trinajstić information content (AvgIpc) is 3.47. The van der Waals surface area contributed by atoms with E-state index in [1.165, 1.54) is 10.4 Å². The monoisotopic (exact) mass is 463 g/mol. The first-order valence-corrected chi connectivity index (χ1v) is 12.4. The first kappa shape index (κ1) is 21.9. The lowest BCUT2D eigenvalue weighted by Gasteiger charge is -2.23. The maximum Gasteiger partial charge on any atom is 0.262 e. The van der Waals surface area contributed by atoms with E-state index in [0.717, 1.165) is 72.4 Å². The third-order valence-corrected chi connectivity index (χ3v) is 7.51. The highest BCUT2D eigenvalue weighted by Crippen LogP contribution is 2.33. The Morgan fingerprint density at radius 2 is 2.18 bits per heavy atom. The number of nitrogens with one attached hydrogen (secondary N) is 1. The molecule has 0 fully saturated rings. The van der Waals surface area contributed by atoms with E-state index in [-0.39, 0.29) is 5.56 Å². The molecular formula is C25H29N5O2S. The number of nitrogens with zero attached hydrogens (tertiary/aromatic N) is 4. The van der Waals surface area contributed by atoms with Crippen molar-refractivity contribution in [3.63, 3.8) is 0 Å². The highest BCUT2D eigenvalue weighted by Gasteiger charge is 2.25. The van der Waals surface area contributed by atoms with Crippen LogP contribution in [0.5, 0.6) is 5.75 Å². The predicted octanol–water partition coefficient (Wildman–Crippen LogP) is 4.10. The molecule has 4 aromatic rings. The molecule has 0 unspecified atom stereocenters. The molecule has 0 saturated carbocycles. The van der Waals surface area contributed by atoms with Gasteiger partial charge in [-0.25, -0.2) is 9.67 Å². The smallest absolute Gasteiger partial charge is 0.262 e. The SMILES string of the molecule is CCCCn1cnc2sc3c(c2c1=O)CC[C@@H](NCc1cnn(-c2ccccc2OC)c1)C3. The van der Waals surface area contributed by atoms with Crippen molar-refractivity contribution in [2.45, 2.75) is 58.2 Å². The molecule has 0 bridgehead atoms. The zero-order valence-electron chi connectivity index (χ0n) is 19.1. The van der Waals surface area contributed by atoms with E-state index in [1.54, 1.807) is 29.3 Å². The van der Waals surface area contributed by atoms with E-state index in [2.05, 4.69) is 22.3 Å². The fraction of sp³-hybridized carbons (Fsp3) is 0.400. The Hall–Kier alpha value is -2.97. The van der Waals surface area contributed by atoms with E-state index in [0.29, 0.717) is 6.04 Å². The van der Waals surface area contributed by atoms with Crippen LogP contribution in [0.1, 0.15) is 42.2 Å². The topological polar surface area (TPSA) is 74.0 Å². The maximum absolute atomic E-state index is 13.0. The molecule has 1 N–H and O–H groups in total. The van der Waals surface area contributed by atoms with Gasteiger partial charge in [0.1, 0.15) is 16.3 Å². The van der Waals surface area contributed by atoms with Gasteiger partial charge in [0.15, 0.2) is 0 Å². The van der Waals surface area contributed by atoms with Crippen molar-refractivity contribution in [3.05, 3.63) is 69.3 Å². The van der Waals surface area contributed by atoms with Crippen molar-refractivity contribution in [2.75, 3.05) is 7.11 Å². The number of methoxy groups -OCH3 is 1. The van der Waals surface area contributed by atoms with Gasteiger partial charge in [-0.05, 0) is 43.4 Å². The molecule has 0 radical (unpaired) electrons. The molecule has 0 aliphatic heterocycles. The molecule has 0 spiro atoms. The van der Waals surface area contributed by atoms with Gasteiger partial charge < -0.3 is 10.1 Å². The van der Waals surface area contributed by atoms with Crippen molar-refractivity contribution < 1.29 is 4.74 Å². The van der Waals surface area contributed by atoms with Gasteiger partial charge in [0.2, 0.25) is 0 Å². The van der Waals surface area contributed by atoms with Crippen LogP contribution in [0.15, 0.2) is 47.8 Å². The molecule has 1 aliphatic carbocycles. The Morgan fingerprint density at radius 1 is 1.30 bits per heavy atom. The second-order valence-electron chi connectivity index (χ2n) is 8.57. The second-order valence-corrected chi connectivity index (χ2v) is 9.65. The number of fused-ring (bicyclic) bond motifs is 3. The van der Waals surface area contributed by atoms with E-state index >= 15 is 0 Å². The van der Waals surface area contributed by atoms with Gasteiger partial charge in [-0.15, -0.1) is 11.3 Å². The lowest BCUT2D eigenvalue weighted by atomic mass is 9.93. The number of rotatable bonds is 8. The summed E-state index contributed by atoms with van der Waals surface area (Å²) in [5, 5.41) is 9.06. The summed E-state index contributed by atoms with van der Waals surface area (Å²) in [5.74, 6) is 0.798. The van der Waals surface area contributed by atoms with E-state index in [1.807, 2.05) is 41.3 Å². The van der Waals surface area contributed by atoms with Gasteiger partial charge in [-0.2, -0.15) is 5.10 Å². The molecule has 1 aromatic carbocycles. The summed E-state index contributed by atoms with van der Waals surface area (Å²) >= 11 is 1.68. The zero-order valence-corrected chi connectivity index (χ0v) is 19.9. The number of para-hydroxylation sites is 2. The van der Waals surface area contributed by atoms with Crippen LogP contribution in [0, 0.1) is 0 Å². The number of thiophene rings is 1. The summed E-state index contributed by atoms with van der Waals surface area (Å²) in [5.41, 5.74) is 3.40. The Morgan fingerprint density at radius 3 is 3.03 bits per heavy atom. The number of hydrogen-bond acceptors (Lipinski definition) is 6. The largest absolute Gasteiger partial charge is 0.494 e. The summed E-state index contributed by atoms with van der Waals surface area (Å²) in [6, 6.07) is 8.25. The molecule has 5 rings (SSSR count). The highest BCUT2D eigenvalue weighted by atomic mass is 32.1. The minimum absolute atomic E-state index is 0.126. The van der Waals surface area contributed by atoms with Crippen LogP contribution in [-0.2, 0) is 25.9 Å². The van der Waals surface area contributed by atoms with Gasteiger partial charge in [0.25, 0.3) is 5.56 Å². The van der Waals surface area contributed by atoms with Gasteiger partial charge in [0, 0.05) is 35.8 Å². The highest BCUT2D eigenvalue weighted by molar-refractivity contribution is 7.18. The van der Waals surface area contributed by atoms with Crippen molar-refractivity contribution >= 4 is 21.6 Å². The minimum atomic E-state index is 0.126. The number of benzene rings is 1. The Balaban J connectivity index is 1.28. The fourth-order valence-corrected chi connectivity index (χ4v) is 5.79. The van der Waals surface area contributed by atoms with Crippen LogP contribution in [0.3, 0.4) is 0 Å². The van der Waals surface area contributed by atoms with Crippen LogP contribution in [0.2, 0.25) is 0 Å². The predicted molar refractivity (Wildman–Crippen MR) is 132 cm³/mol. The normalized spacial score (nSPS) is 15.6. The average molecular weight is 464 g/mol. The summed E-state index contributed by atoms with van der Waals surface area (Å²) in [4.78, 5) is 19.8. The van der Waals surface area contributed by atoms with Gasteiger partial charge in [-0.1, -0.05) is 25.5 Å². The standard InChI is InChI=1S/C25H29N5O2S/c1-3-4-11-29-16-27-24-23(25(29)31)19-10-9-18(12-22(19)33-24)26-13-17-14-28-30(15-17)20-7-5-6-8-21(20)32-2/h5-8,14-16,18,26H,3-4,9-13H2,1-2H3/t18-/m1/s1. The van der Waals surface area contributed by atoms with E-state index < -0.39 is 0 Å². The second kappa shape index (κ2) is 9.49. The van der Waals surface area contributed by atoms with E-state index in [4.69, 9.17) is 4.74 Å².